The predicted molar refractivity (Wildman–Crippen MR) is 89.3 cm³/mol. The second-order valence-corrected chi connectivity index (χ2v) is 5.92. The van der Waals surface area contributed by atoms with E-state index in [0.29, 0.717) is 6.54 Å². The molecule has 1 N–H and O–H groups in total. The molecule has 2 rings (SSSR count). The van der Waals surface area contributed by atoms with Gasteiger partial charge in [-0.3, -0.25) is 4.79 Å². The summed E-state index contributed by atoms with van der Waals surface area (Å²) >= 11 is 0. The highest BCUT2D eigenvalue weighted by molar-refractivity contribution is 5.90. The molecule has 4 nitrogen and oxygen atoms in total. The van der Waals surface area contributed by atoms with E-state index in [1.54, 1.807) is 7.11 Å². The van der Waals surface area contributed by atoms with E-state index >= 15 is 0 Å². The molecule has 0 atom stereocenters. The summed E-state index contributed by atoms with van der Waals surface area (Å²) in [5.74, 6) is 0.969. The Balaban J connectivity index is 2.05. The molecular formula is C18H28N2O2. The standard InChI is InChI=1S/C18H28N2O2/c1-4-20(5-2)14-13-19-17(21)18(11-8-12-18)15-9-6-7-10-16(15)22-3/h6-7,9-10H,4-5,8,11-14H2,1-3H3,(H,19,21). The fraction of sp³-hybridized carbons (Fsp3) is 0.611. The van der Waals surface area contributed by atoms with Crippen LogP contribution in [-0.2, 0) is 10.2 Å². The lowest BCUT2D eigenvalue weighted by Crippen LogP contribution is -2.50. The first-order chi connectivity index (χ1) is 10.7. The van der Waals surface area contributed by atoms with Crippen molar-refractivity contribution in [2.45, 2.75) is 38.5 Å². The molecule has 0 aliphatic heterocycles. The molecule has 0 spiro atoms. The number of hydrogen-bond acceptors (Lipinski definition) is 3. The summed E-state index contributed by atoms with van der Waals surface area (Å²) < 4.78 is 5.47. The zero-order valence-electron chi connectivity index (χ0n) is 14.0. The average molecular weight is 304 g/mol. The van der Waals surface area contributed by atoms with Gasteiger partial charge in [0.2, 0.25) is 5.91 Å². The molecule has 0 unspecified atom stereocenters. The maximum absolute atomic E-state index is 12.8. The molecule has 1 aromatic rings. The first-order valence-corrected chi connectivity index (χ1v) is 8.32. The van der Waals surface area contributed by atoms with E-state index < -0.39 is 5.41 Å². The fourth-order valence-electron chi connectivity index (χ4n) is 3.23. The van der Waals surface area contributed by atoms with Gasteiger partial charge in [-0.15, -0.1) is 0 Å². The average Bonchev–Trinajstić information content (AvgIpc) is 2.51. The Labute approximate surface area is 133 Å². The monoisotopic (exact) mass is 304 g/mol. The molecule has 22 heavy (non-hydrogen) atoms. The smallest absolute Gasteiger partial charge is 0.230 e. The molecule has 1 saturated carbocycles. The van der Waals surface area contributed by atoms with Gasteiger partial charge in [-0.2, -0.15) is 0 Å². The third kappa shape index (κ3) is 3.27. The van der Waals surface area contributed by atoms with Crippen molar-refractivity contribution in [1.29, 1.82) is 0 Å². The Morgan fingerprint density at radius 2 is 1.95 bits per heavy atom. The molecule has 0 aromatic heterocycles. The van der Waals surface area contributed by atoms with Crippen molar-refractivity contribution in [3.63, 3.8) is 0 Å². The van der Waals surface area contributed by atoms with Crippen LogP contribution in [0.3, 0.4) is 0 Å². The second kappa shape index (κ2) is 7.63. The van der Waals surface area contributed by atoms with Crippen molar-refractivity contribution in [1.82, 2.24) is 10.2 Å². The predicted octanol–water partition coefficient (Wildman–Crippen LogP) is 2.57. The van der Waals surface area contributed by atoms with Crippen molar-refractivity contribution in [3.8, 4) is 5.75 Å². The van der Waals surface area contributed by atoms with Crippen LogP contribution in [0, 0.1) is 0 Å². The summed E-state index contributed by atoms with van der Waals surface area (Å²) in [6.07, 6.45) is 2.91. The Morgan fingerprint density at radius 1 is 1.27 bits per heavy atom. The quantitative estimate of drug-likeness (QED) is 0.802. The van der Waals surface area contributed by atoms with Gasteiger partial charge in [-0.05, 0) is 32.0 Å². The molecule has 1 fully saturated rings. The summed E-state index contributed by atoms with van der Waals surface area (Å²) in [4.78, 5) is 15.1. The second-order valence-electron chi connectivity index (χ2n) is 5.92. The van der Waals surface area contributed by atoms with Crippen molar-refractivity contribution in [2.75, 3.05) is 33.3 Å². The zero-order valence-corrected chi connectivity index (χ0v) is 14.0. The van der Waals surface area contributed by atoms with Gasteiger partial charge >= 0.3 is 0 Å². The van der Waals surface area contributed by atoms with Crippen LogP contribution in [0.15, 0.2) is 24.3 Å². The highest BCUT2D eigenvalue weighted by Gasteiger charge is 2.47. The number of likely N-dealkylation sites (N-methyl/N-ethyl adjacent to an activating group) is 1. The van der Waals surface area contributed by atoms with Crippen molar-refractivity contribution in [2.24, 2.45) is 0 Å². The highest BCUT2D eigenvalue weighted by Crippen LogP contribution is 2.47. The van der Waals surface area contributed by atoms with Gasteiger partial charge in [0.1, 0.15) is 5.75 Å². The lowest BCUT2D eigenvalue weighted by Gasteiger charge is -2.41. The van der Waals surface area contributed by atoms with E-state index in [1.165, 1.54) is 0 Å². The molecule has 1 amide bonds. The first-order valence-electron chi connectivity index (χ1n) is 8.32. The largest absolute Gasteiger partial charge is 0.496 e. The number of methoxy groups -OCH3 is 1. The van der Waals surface area contributed by atoms with E-state index in [1.807, 2.05) is 24.3 Å². The number of nitrogens with one attached hydrogen (secondary N) is 1. The molecule has 0 radical (unpaired) electrons. The Kier molecular flexibility index (Phi) is 5.83. The van der Waals surface area contributed by atoms with Crippen LogP contribution in [0.4, 0.5) is 0 Å². The van der Waals surface area contributed by atoms with Gasteiger partial charge in [-0.25, -0.2) is 0 Å². The summed E-state index contributed by atoms with van der Waals surface area (Å²) in [6.45, 7) is 7.94. The topological polar surface area (TPSA) is 41.6 Å². The van der Waals surface area contributed by atoms with Crippen LogP contribution in [0.25, 0.3) is 0 Å². The molecule has 1 aliphatic rings. The van der Waals surface area contributed by atoms with Crippen molar-refractivity contribution >= 4 is 5.91 Å². The normalized spacial score (nSPS) is 16.2. The molecule has 1 aromatic carbocycles. The number of carbonyl (C=O) groups excluding carboxylic acids is 1. The SMILES string of the molecule is CCN(CC)CCNC(=O)C1(c2ccccc2OC)CCC1. The third-order valence-corrected chi connectivity index (χ3v) is 4.87. The molecule has 0 saturated heterocycles. The highest BCUT2D eigenvalue weighted by atomic mass is 16.5. The lowest BCUT2D eigenvalue weighted by atomic mass is 9.63. The minimum atomic E-state index is -0.393. The molecule has 4 heteroatoms. The molecule has 0 heterocycles. The van der Waals surface area contributed by atoms with Crippen LogP contribution in [0.1, 0.15) is 38.7 Å². The Bertz CT molecular complexity index is 494. The van der Waals surface area contributed by atoms with Crippen LogP contribution in [0.5, 0.6) is 5.75 Å². The maximum atomic E-state index is 12.8. The van der Waals surface area contributed by atoms with Crippen LogP contribution in [-0.4, -0.2) is 44.1 Å². The minimum absolute atomic E-state index is 0.149. The van der Waals surface area contributed by atoms with Gasteiger partial charge in [0.25, 0.3) is 0 Å². The van der Waals surface area contributed by atoms with Crippen molar-refractivity contribution in [3.05, 3.63) is 29.8 Å². The molecular weight excluding hydrogens is 276 g/mol. The third-order valence-electron chi connectivity index (χ3n) is 4.87. The van der Waals surface area contributed by atoms with E-state index in [-0.39, 0.29) is 5.91 Å². The van der Waals surface area contributed by atoms with Crippen molar-refractivity contribution < 1.29 is 9.53 Å². The van der Waals surface area contributed by atoms with E-state index in [0.717, 1.165) is 50.2 Å². The number of amides is 1. The summed E-state index contributed by atoms with van der Waals surface area (Å²) in [5.41, 5.74) is 0.639. The zero-order chi connectivity index (χ0) is 16.0. The van der Waals surface area contributed by atoms with Gasteiger partial charge in [0, 0.05) is 18.7 Å². The number of carbonyl (C=O) groups is 1. The van der Waals surface area contributed by atoms with Gasteiger partial charge < -0.3 is 15.0 Å². The minimum Gasteiger partial charge on any atom is -0.496 e. The van der Waals surface area contributed by atoms with E-state index in [2.05, 4.69) is 24.1 Å². The van der Waals surface area contributed by atoms with Crippen LogP contribution in [0.2, 0.25) is 0 Å². The Morgan fingerprint density at radius 3 is 2.50 bits per heavy atom. The van der Waals surface area contributed by atoms with Crippen LogP contribution >= 0.6 is 0 Å². The summed E-state index contributed by atoms with van der Waals surface area (Å²) in [5, 5.41) is 3.14. The fourth-order valence-corrected chi connectivity index (χ4v) is 3.23. The van der Waals surface area contributed by atoms with Gasteiger partial charge in [0.05, 0.1) is 12.5 Å². The lowest BCUT2D eigenvalue weighted by molar-refractivity contribution is -0.130. The van der Waals surface area contributed by atoms with Crippen LogP contribution < -0.4 is 10.1 Å². The molecule has 0 bridgehead atoms. The summed E-state index contributed by atoms with van der Waals surface area (Å²) in [6, 6.07) is 7.91. The molecule has 122 valence electrons. The number of benzene rings is 1. The first kappa shape index (κ1) is 16.8. The number of hydrogen-bond donors (Lipinski definition) is 1. The number of rotatable bonds is 8. The van der Waals surface area contributed by atoms with E-state index in [9.17, 15) is 4.79 Å². The maximum Gasteiger partial charge on any atom is 0.230 e. The number of para-hydroxylation sites is 1. The van der Waals surface area contributed by atoms with E-state index in [4.69, 9.17) is 4.74 Å². The molecule has 1 aliphatic carbocycles. The number of ether oxygens (including phenoxy) is 1. The van der Waals surface area contributed by atoms with Gasteiger partial charge in [-0.1, -0.05) is 38.5 Å². The van der Waals surface area contributed by atoms with Gasteiger partial charge in [0.15, 0.2) is 0 Å². The Hall–Kier alpha value is -1.55. The summed E-state index contributed by atoms with van der Waals surface area (Å²) in [7, 11) is 1.67. The number of nitrogens with zero attached hydrogens (tertiary/aromatic N) is 1.